The van der Waals surface area contributed by atoms with E-state index in [1.807, 2.05) is 31.4 Å². The molecule has 2 aromatic rings. The van der Waals surface area contributed by atoms with Crippen LogP contribution in [0.4, 0.5) is 8.78 Å². The fourth-order valence-electron chi connectivity index (χ4n) is 2.59. The van der Waals surface area contributed by atoms with Crippen molar-refractivity contribution in [1.82, 2.24) is 0 Å². The highest BCUT2D eigenvalue weighted by Crippen LogP contribution is 2.19. The molecule has 0 saturated carbocycles. The van der Waals surface area contributed by atoms with Crippen molar-refractivity contribution >= 4 is 66.5 Å². The van der Waals surface area contributed by atoms with E-state index in [1.165, 1.54) is 17.6 Å². The second kappa shape index (κ2) is 4.95. The van der Waals surface area contributed by atoms with Gasteiger partial charge in [-0.1, -0.05) is 10.9 Å². The Kier molecular flexibility index (Phi) is 3.66. The summed E-state index contributed by atoms with van der Waals surface area (Å²) in [6.45, 7) is 0. The van der Waals surface area contributed by atoms with Crippen LogP contribution < -0.4 is 27.3 Å². The van der Waals surface area contributed by atoms with Gasteiger partial charge in [0.25, 0.3) is 0 Å². The fourth-order valence-corrected chi connectivity index (χ4v) is 2.59. The van der Waals surface area contributed by atoms with Crippen molar-refractivity contribution in [2.75, 3.05) is 0 Å². The summed E-state index contributed by atoms with van der Waals surface area (Å²) in [4.78, 5) is 0. The molecule has 0 nitrogen and oxygen atoms in total. The maximum Gasteiger partial charge on any atom is 0.139 e. The maximum absolute atomic E-state index is 14.0. The molecule has 0 aliphatic rings. The van der Waals surface area contributed by atoms with Crippen LogP contribution in [0.3, 0.4) is 0 Å². The minimum atomic E-state index is -0.411. The van der Waals surface area contributed by atoms with Gasteiger partial charge in [-0.05, 0) is 23.8 Å². The SMILES string of the molecule is Bc1c(B)c(B)c(-c2cc(F)ccc2F)c(B)c1B. The first kappa shape index (κ1) is 14.0. The van der Waals surface area contributed by atoms with Crippen LogP contribution in [0.15, 0.2) is 18.2 Å². The standard InChI is InChI=1S/C12H13B5F2/c13-8-7(5-3-4(18)1-2-6(5)19)9(14)11(16)12(17)10(8)15/h1-3H,13-17H2. The average Bonchev–Trinajstić information content (AvgIpc) is 2.38. The van der Waals surface area contributed by atoms with Crippen molar-refractivity contribution in [2.24, 2.45) is 0 Å². The Bertz CT molecular complexity index is 641. The zero-order chi connectivity index (χ0) is 14.3. The quantitative estimate of drug-likeness (QED) is 0.444. The molecule has 2 rings (SSSR count). The Hall–Kier alpha value is -1.38. The van der Waals surface area contributed by atoms with E-state index in [-0.39, 0.29) is 5.82 Å². The van der Waals surface area contributed by atoms with Crippen LogP contribution >= 0.6 is 0 Å². The van der Waals surface area contributed by atoms with Crippen LogP contribution in [0.25, 0.3) is 11.1 Å². The molecule has 0 heterocycles. The van der Waals surface area contributed by atoms with Crippen LogP contribution in [0.2, 0.25) is 0 Å². The predicted molar refractivity (Wildman–Crippen MR) is 92.7 cm³/mol. The molecular weight excluding hydrogens is 236 g/mol. The highest BCUT2D eigenvalue weighted by molar-refractivity contribution is 6.68. The molecule has 90 valence electrons. The molecule has 0 spiro atoms. The molecule has 2 aromatic carbocycles. The van der Waals surface area contributed by atoms with Crippen molar-refractivity contribution in [3.8, 4) is 11.1 Å². The Morgan fingerprint density at radius 3 is 1.68 bits per heavy atom. The van der Waals surface area contributed by atoms with E-state index in [0.717, 1.165) is 33.5 Å². The third-order valence-corrected chi connectivity index (χ3v) is 4.20. The van der Waals surface area contributed by atoms with Crippen LogP contribution in [-0.2, 0) is 0 Å². The van der Waals surface area contributed by atoms with Gasteiger partial charge in [-0.2, -0.15) is 0 Å². The van der Waals surface area contributed by atoms with Gasteiger partial charge >= 0.3 is 0 Å². The topological polar surface area (TPSA) is 0 Å². The average molecular weight is 249 g/mol. The lowest BCUT2D eigenvalue weighted by atomic mass is 9.59. The Labute approximate surface area is 117 Å². The van der Waals surface area contributed by atoms with Crippen LogP contribution in [-0.4, -0.2) is 39.2 Å². The normalized spacial score (nSPS) is 10.6. The maximum atomic E-state index is 14.0. The predicted octanol–water partition coefficient (Wildman–Crippen LogP) is -5.08. The molecule has 0 amide bonds. The van der Waals surface area contributed by atoms with E-state index in [2.05, 4.69) is 7.85 Å². The zero-order valence-electron chi connectivity index (χ0n) is 12.0. The summed E-state index contributed by atoms with van der Waals surface area (Å²) >= 11 is 0. The smallest absolute Gasteiger partial charge is 0.139 e. The highest BCUT2D eigenvalue weighted by atomic mass is 19.1. The summed E-state index contributed by atoms with van der Waals surface area (Å²) in [6, 6.07) is 3.62. The minimum absolute atomic E-state index is 0.348. The first-order valence-corrected chi connectivity index (χ1v) is 6.37. The lowest BCUT2D eigenvalue weighted by molar-refractivity contribution is 0.603. The van der Waals surface area contributed by atoms with Crippen molar-refractivity contribution in [3.05, 3.63) is 29.8 Å². The Morgan fingerprint density at radius 2 is 1.16 bits per heavy atom. The molecule has 0 unspecified atom stereocenters. The first-order valence-electron chi connectivity index (χ1n) is 6.37. The molecule has 0 fully saturated rings. The van der Waals surface area contributed by atoms with Gasteiger partial charge in [-0.15, -0.1) is 16.4 Å². The van der Waals surface area contributed by atoms with Gasteiger partial charge in [0.2, 0.25) is 0 Å². The Balaban J connectivity index is 2.87. The van der Waals surface area contributed by atoms with E-state index in [4.69, 9.17) is 0 Å². The molecule has 0 N–H and O–H groups in total. The van der Waals surface area contributed by atoms with Crippen molar-refractivity contribution < 1.29 is 8.78 Å². The number of hydrogen-bond donors (Lipinski definition) is 0. The van der Waals surface area contributed by atoms with Gasteiger partial charge in [-0.25, -0.2) is 8.78 Å². The second-order valence-corrected chi connectivity index (χ2v) is 5.12. The third kappa shape index (κ3) is 2.26. The number of rotatable bonds is 1. The monoisotopic (exact) mass is 250 g/mol. The van der Waals surface area contributed by atoms with Crippen molar-refractivity contribution in [3.63, 3.8) is 0 Å². The van der Waals surface area contributed by atoms with E-state index < -0.39 is 5.82 Å². The molecule has 0 bridgehead atoms. The lowest BCUT2D eigenvalue weighted by Gasteiger charge is -2.20. The lowest BCUT2D eigenvalue weighted by Crippen LogP contribution is -2.55. The summed E-state index contributed by atoms with van der Waals surface area (Å²) in [6.07, 6.45) is 0. The van der Waals surface area contributed by atoms with Crippen LogP contribution in [0.1, 0.15) is 0 Å². The van der Waals surface area contributed by atoms with Gasteiger partial charge < -0.3 is 0 Å². The minimum Gasteiger partial charge on any atom is -0.207 e. The molecule has 0 aliphatic heterocycles. The van der Waals surface area contributed by atoms with Gasteiger partial charge in [0.05, 0.1) is 0 Å². The van der Waals surface area contributed by atoms with E-state index >= 15 is 0 Å². The van der Waals surface area contributed by atoms with Gasteiger partial charge in [-0.3, -0.25) is 0 Å². The summed E-state index contributed by atoms with van der Waals surface area (Å²) in [5, 5.41) is 0. The summed E-state index contributed by atoms with van der Waals surface area (Å²) in [5.74, 6) is -0.790. The molecule has 0 saturated heterocycles. The number of benzene rings is 2. The number of hydrogen-bond acceptors (Lipinski definition) is 0. The van der Waals surface area contributed by atoms with Crippen molar-refractivity contribution in [2.45, 2.75) is 0 Å². The fraction of sp³-hybridized carbons (Fsp3) is 0. The number of halogens is 2. The largest absolute Gasteiger partial charge is 0.207 e. The van der Waals surface area contributed by atoms with Gasteiger partial charge in [0, 0.05) is 5.56 Å². The molecular formula is C12H13B5F2. The molecule has 0 radical (unpaired) electrons. The third-order valence-electron chi connectivity index (χ3n) is 4.20. The first-order chi connectivity index (χ1) is 8.84. The van der Waals surface area contributed by atoms with E-state index in [0.29, 0.717) is 5.56 Å². The molecule has 0 aromatic heterocycles. The zero-order valence-corrected chi connectivity index (χ0v) is 12.0. The highest BCUT2D eigenvalue weighted by Gasteiger charge is 2.16. The molecule has 19 heavy (non-hydrogen) atoms. The van der Waals surface area contributed by atoms with Crippen LogP contribution in [0, 0.1) is 11.6 Å². The van der Waals surface area contributed by atoms with Gasteiger partial charge in [0.1, 0.15) is 50.9 Å². The summed E-state index contributed by atoms with van der Waals surface area (Å²) < 4.78 is 27.4. The summed E-state index contributed by atoms with van der Waals surface area (Å²) in [5.41, 5.74) is 6.70. The summed E-state index contributed by atoms with van der Waals surface area (Å²) in [7, 11) is 10.1. The van der Waals surface area contributed by atoms with Crippen molar-refractivity contribution in [1.29, 1.82) is 0 Å². The van der Waals surface area contributed by atoms with E-state index in [1.54, 1.807) is 0 Å². The molecule has 0 atom stereocenters. The molecule has 7 heteroatoms. The van der Waals surface area contributed by atoms with Crippen LogP contribution in [0.5, 0.6) is 0 Å². The molecule has 0 aliphatic carbocycles. The van der Waals surface area contributed by atoms with Gasteiger partial charge in [0.15, 0.2) is 0 Å². The second-order valence-electron chi connectivity index (χ2n) is 5.12. The van der Waals surface area contributed by atoms with E-state index in [9.17, 15) is 8.78 Å². The Morgan fingerprint density at radius 1 is 0.684 bits per heavy atom.